The first-order valence-electron chi connectivity index (χ1n) is 9.81. The van der Waals surface area contributed by atoms with Crippen molar-refractivity contribution >= 4 is 27.9 Å². The molecular formula is C24H23N3O3. The zero-order chi connectivity index (χ0) is 21.1. The maximum atomic E-state index is 11.0. The van der Waals surface area contributed by atoms with Gasteiger partial charge in [-0.05, 0) is 37.6 Å². The molecule has 1 N–H and O–H groups in total. The summed E-state index contributed by atoms with van der Waals surface area (Å²) in [5, 5.41) is 11.1. The number of hydrogen-bond acceptors (Lipinski definition) is 4. The van der Waals surface area contributed by atoms with E-state index in [0.29, 0.717) is 25.3 Å². The van der Waals surface area contributed by atoms with Crippen LogP contribution in [0.4, 0.5) is 0 Å². The molecule has 0 amide bonds. The Labute approximate surface area is 174 Å². The molecule has 0 aliphatic rings. The molecule has 3 aromatic heterocycles. The quantitative estimate of drug-likeness (QED) is 0.431. The van der Waals surface area contributed by atoms with E-state index in [1.165, 1.54) is 0 Å². The molecule has 0 unspecified atom stereocenters. The SMILES string of the molecule is C=C(C)Cn1c(CCC(=O)O)cc2cc(OCc3ccc4ccccc4n3)cnc21. The van der Waals surface area contributed by atoms with Crippen molar-refractivity contribution in [2.75, 3.05) is 0 Å². The second-order valence-corrected chi connectivity index (χ2v) is 7.44. The van der Waals surface area contributed by atoms with Gasteiger partial charge in [0.2, 0.25) is 0 Å². The molecule has 6 nitrogen and oxygen atoms in total. The van der Waals surface area contributed by atoms with Gasteiger partial charge in [-0.15, -0.1) is 0 Å². The van der Waals surface area contributed by atoms with E-state index in [1.807, 2.05) is 60.0 Å². The summed E-state index contributed by atoms with van der Waals surface area (Å²) >= 11 is 0. The molecular weight excluding hydrogens is 378 g/mol. The summed E-state index contributed by atoms with van der Waals surface area (Å²) in [6.45, 7) is 6.87. The number of ether oxygens (including phenoxy) is 1. The number of rotatable bonds is 8. The fraction of sp³-hybridized carbons (Fsp3) is 0.208. The Morgan fingerprint density at radius 1 is 1.17 bits per heavy atom. The summed E-state index contributed by atoms with van der Waals surface area (Å²) in [6, 6.07) is 15.9. The zero-order valence-electron chi connectivity index (χ0n) is 16.8. The van der Waals surface area contributed by atoms with Crippen molar-refractivity contribution in [1.29, 1.82) is 0 Å². The lowest BCUT2D eigenvalue weighted by Gasteiger charge is -2.10. The molecule has 4 aromatic rings. The molecule has 4 rings (SSSR count). The number of hydrogen-bond donors (Lipinski definition) is 1. The van der Waals surface area contributed by atoms with Crippen LogP contribution in [0.3, 0.4) is 0 Å². The fourth-order valence-electron chi connectivity index (χ4n) is 3.49. The molecule has 0 radical (unpaired) electrons. The molecule has 0 aliphatic carbocycles. The number of para-hydroxylation sites is 1. The highest BCUT2D eigenvalue weighted by molar-refractivity contribution is 5.80. The average Bonchev–Trinajstić information content (AvgIpc) is 3.06. The van der Waals surface area contributed by atoms with Crippen LogP contribution >= 0.6 is 0 Å². The zero-order valence-corrected chi connectivity index (χ0v) is 16.8. The van der Waals surface area contributed by atoms with E-state index in [0.717, 1.165) is 38.9 Å². The maximum Gasteiger partial charge on any atom is 0.303 e. The van der Waals surface area contributed by atoms with Crippen LogP contribution in [-0.4, -0.2) is 25.6 Å². The van der Waals surface area contributed by atoms with Gasteiger partial charge in [-0.2, -0.15) is 0 Å². The highest BCUT2D eigenvalue weighted by Crippen LogP contribution is 2.25. The number of fused-ring (bicyclic) bond motifs is 2. The summed E-state index contributed by atoms with van der Waals surface area (Å²) in [4.78, 5) is 20.2. The molecule has 0 bridgehead atoms. The topological polar surface area (TPSA) is 77.2 Å². The third-order valence-corrected chi connectivity index (χ3v) is 4.86. The summed E-state index contributed by atoms with van der Waals surface area (Å²) in [6.07, 6.45) is 2.21. The van der Waals surface area contributed by atoms with Crippen LogP contribution in [0.1, 0.15) is 24.7 Å². The van der Waals surface area contributed by atoms with Gasteiger partial charge in [0.25, 0.3) is 0 Å². The maximum absolute atomic E-state index is 11.0. The lowest BCUT2D eigenvalue weighted by Crippen LogP contribution is -2.07. The van der Waals surface area contributed by atoms with Crippen molar-refractivity contribution < 1.29 is 14.6 Å². The minimum absolute atomic E-state index is 0.0729. The van der Waals surface area contributed by atoms with Crippen LogP contribution in [0, 0.1) is 0 Å². The van der Waals surface area contributed by atoms with Crippen molar-refractivity contribution in [3.8, 4) is 5.75 Å². The van der Waals surface area contributed by atoms with Gasteiger partial charge in [0.15, 0.2) is 0 Å². The Bertz CT molecular complexity index is 1240. The van der Waals surface area contributed by atoms with Gasteiger partial charge in [-0.1, -0.05) is 36.4 Å². The van der Waals surface area contributed by atoms with Crippen LogP contribution in [0.5, 0.6) is 5.75 Å². The number of aryl methyl sites for hydroxylation is 1. The van der Waals surface area contributed by atoms with Crippen LogP contribution in [-0.2, 0) is 24.4 Å². The van der Waals surface area contributed by atoms with Gasteiger partial charge in [-0.3, -0.25) is 4.79 Å². The number of carboxylic acids is 1. The highest BCUT2D eigenvalue weighted by Gasteiger charge is 2.13. The van der Waals surface area contributed by atoms with Crippen molar-refractivity contribution in [3.05, 3.63) is 78.3 Å². The van der Waals surface area contributed by atoms with E-state index in [-0.39, 0.29) is 6.42 Å². The third kappa shape index (κ3) is 4.33. The minimum Gasteiger partial charge on any atom is -0.486 e. The molecule has 0 fully saturated rings. The molecule has 0 spiro atoms. The normalized spacial score (nSPS) is 11.1. The second-order valence-electron chi connectivity index (χ2n) is 7.44. The summed E-state index contributed by atoms with van der Waals surface area (Å²) in [5.41, 5.74) is 4.49. The van der Waals surface area contributed by atoms with Crippen molar-refractivity contribution in [1.82, 2.24) is 14.5 Å². The van der Waals surface area contributed by atoms with Gasteiger partial charge in [-0.25, -0.2) is 9.97 Å². The molecule has 0 aliphatic heterocycles. The first-order chi connectivity index (χ1) is 14.5. The van der Waals surface area contributed by atoms with Crippen molar-refractivity contribution in [2.24, 2.45) is 0 Å². The lowest BCUT2D eigenvalue weighted by molar-refractivity contribution is -0.136. The highest BCUT2D eigenvalue weighted by atomic mass is 16.5. The lowest BCUT2D eigenvalue weighted by atomic mass is 10.2. The van der Waals surface area contributed by atoms with E-state index in [4.69, 9.17) is 9.84 Å². The largest absolute Gasteiger partial charge is 0.486 e. The molecule has 1 aromatic carbocycles. The Kier molecular flexibility index (Phi) is 5.48. The van der Waals surface area contributed by atoms with Crippen molar-refractivity contribution in [2.45, 2.75) is 32.9 Å². The monoisotopic (exact) mass is 401 g/mol. The number of nitrogens with zero attached hydrogens (tertiary/aromatic N) is 3. The molecule has 0 atom stereocenters. The number of pyridine rings is 2. The van der Waals surface area contributed by atoms with Gasteiger partial charge in [0, 0.05) is 23.0 Å². The number of aliphatic carboxylic acids is 1. The third-order valence-electron chi connectivity index (χ3n) is 4.86. The van der Waals surface area contributed by atoms with E-state index in [1.54, 1.807) is 6.20 Å². The average molecular weight is 401 g/mol. The predicted octanol–water partition coefficient (Wildman–Crippen LogP) is 4.76. The van der Waals surface area contributed by atoms with E-state index in [9.17, 15) is 4.79 Å². The fourth-order valence-corrected chi connectivity index (χ4v) is 3.49. The van der Waals surface area contributed by atoms with Crippen LogP contribution in [0.25, 0.3) is 21.9 Å². The molecule has 0 saturated carbocycles. The Hall–Kier alpha value is -3.67. The van der Waals surface area contributed by atoms with Crippen molar-refractivity contribution in [3.63, 3.8) is 0 Å². The molecule has 0 saturated heterocycles. The van der Waals surface area contributed by atoms with Gasteiger partial charge >= 0.3 is 5.97 Å². The number of carbonyl (C=O) groups is 1. The minimum atomic E-state index is -0.818. The molecule has 6 heteroatoms. The Morgan fingerprint density at radius 2 is 2.00 bits per heavy atom. The molecule has 152 valence electrons. The molecule has 30 heavy (non-hydrogen) atoms. The standard InChI is InChI=1S/C24H23N3O3/c1-16(2)14-27-20(9-10-23(28)29)11-18-12-21(13-25-24(18)27)30-15-19-8-7-17-5-3-4-6-22(17)26-19/h3-8,11-13H,1,9-10,14-15H2,2H3,(H,28,29). The first kappa shape index (κ1) is 19.6. The van der Waals surface area contributed by atoms with Gasteiger partial charge in [0.1, 0.15) is 18.0 Å². The van der Waals surface area contributed by atoms with Gasteiger partial charge < -0.3 is 14.4 Å². The summed E-state index contributed by atoms with van der Waals surface area (Å²) in [5.74, 6) is -0.170. The van der Waals surface area contributed by atoms with Crippen LogP contribution in [0.15, 0.2) is 66.9 Å². The van der Waals surface area contributed by atoms with Crippen LogP contribution in [0.2, 0.25) is 0 Å². The second kappa shape index (κ2) is 8.37. The van der Waals surface area contributed by atoms with E-state index >= 15 is 0 Å². The Morgan fingerprint density at radius 3 is 2.80 bits per heavy atom. The number of carboxylic acid groups (broad SMARTS) is 1. The molecule has 3 heterocycles. The van der Waals surface area contributed by atoms with Crippen LogP contribution < -0.4 is 4.74 Å². The van der Waals surface area contributed by atoms with Gasteiger partial charge in [0.05, 0.1) is 23.8 Å². The smallest absolute Gasteiger partial charge is 0.303 e. The summed E-state index contributed by atoms with van der Waals surface area (Å²) in [7, 11) is 0. The number of benzene rings is 1. The first-order valence-corrected chi connectivity index (χ1v) is 9.81. The Balaban J connectivity index is 1.57. The predicted molar refractivity (Wildman–Crippen MR) is 117 cm³/mol. The summed E-state index contributed by atoms with van der Waals surface area (Å²) < 4.78 is 7.95. The number of aromatic nitrogens is 3. The van der Waals surface area contributed by atoms with E-state index < -0.39 is 5.97 Å². The van der Waals surface area contributed by atoms with E-state index in [2.05, 4.69) is 16.5 Å². The number of allylic oxidation sites excluding steroid dienone is 1.